The van der Waals surface area contributed by atoms with Crippen LogP contribution in [0.5, 0.6) is 0 Å². The molecule has 2 atom stereocenters. The van der Waals surface area contributed by atoms with Gasteiger partial charge in [0, 0.05) is 32.2 Å². The number of carbonyl (C=O) groups excluding carboxylic acids is 1. The monoisotopic (exact) mass is 477 g/mol. The van der Waals surface area contributed by atoms with Crippen molar-refractivity contribution >= 4 is 17.4 Å². The van der Waals surface area contributed by atoms with Crippen molar-refractivity contribution < 1.29 is 9.53 Å². The summed E-state index contributed by atoms with van der Waals surface area (Å²) in [6.07, 6.45) is 0.365. The quantitative estimate of drug-likeness (QED) is 0.562. The van der Waals surface area contributed by atoms with Gasteiger partial charge >= 0.3 is 5.69 Å². The number of benzene rings is 2. The van der Waals surface area contributed by atoms with Crippen molar-refractivity contribution in [3.8, 4) is 0 Å². The maximum Gasteiger partial charge on any atom is 0.330 e. The summed E-state index contributed by atoms with van der Waals surface area (Å²) >= 11 is 0. The standard InChI is InChI=1S/C26H31N5O4/c1-17-13-30(14-18(2)35-17)15-20-9-11-21(12-10-20)25(33)29(3)22-23(27)31(26(34)28-24(22)32)16-19-7-5-4-6-8-19/h4-12,17-18H,13-16,27H2,1-3H3,(H,28,32,34). The van der Waals surface area contributed by atoms with Crippen LogP contribution in [0.4, 0.5) is 11.5 Å². The molecule has 1 fully saturated rings. The van der Waals surface area contributed by atoms with Gasteiger partial charge in [0.15, 0.2) is 5.69 Å². The summed E-state index contributed by atoms with van der Waals surface area (Å²) in [5.74, 6) is -0.460. The molecule has 0 bridgehead atoms. The summed E-state index contributed by atoms with van der Waals surface area (Å²) in [5, 5.41) is 0. The van der Waals surface area contributed by atoms with E-state index in [0.717, 1.165) is 30.8 Å². The zero-order chi connectivity index (χ0) is 25.1. The first kappa shape index (κ1) is 24.4. The average Bonchev–Trinajstić information content (AvgIpc) is 2.81. The lowest BCUT2D eigenvalue weighted by Crippen LogP contribution is -2.44. The summed E-state index contributed by atoms with van der Waals surface area (Å²) in [4.78, 5) is 44.0. The van der Waals surface area contributed by atoms with Crippen LogP contribution in [0.3, 0.4) is 0 Å². The largest absolute Gasteiger partial charge is 0.383 e. The van der Waals surface area contributed by atoms with Crippen molar-refractivity contribution in [1.29, 1.82) is 0 Å². The molecule has 9 heteroatoms. The van der Waals surface area contributed by atoms with Gasteiger partial charge in [-0.25, -0.2) is 4.79 Å². The van der Waals surface area contributed by atoms with E-state index >= 15 is 0 Å². The molecule has 1 aliphatic rings. The van der Waals surface area contributed by atoms with E-state index in [-0.39, 0.29) is 30.3 Å². The highest BCUT2D eigenvalue weighted by Crippen LogP contribution is 2.20. The Morgan fingerprint density at radius 3 is 2.23 bits per heavy atom. The minimum atomic E-state index is -0.708. The molecule has 4 rings (SSSR count). The lowest BCUT2D eigenvalue weighted by molar-refractivity contribution is -0.0704. The van der Waals surface area contributed by atoms with Crippen LogP contribution in [0.2, 0.25) is 0 Å². The fourth-order valence-electron chi connectivity index (χ4n) is 4.54. The van der Waals surface area contributed by atoms with Crippen LogP contribution in [-0.4, -0.2) is 52.7 Å². The Bertz CT molecular complexity index is 1290. The molecule has 1 amide bonds. The summed E-state index contributed by atoms with van der Waals surface area (Å²) in [6.45, 7) is 6.78. The van der Waals surface area contributed by atoms with E-state index in [4.69, 9.17) is 10.5 Å². The number of amides is 1. The molecule has 2 heterocycles. The van der Waals surface area contributed by atoms with Crippen LogP contribution in [0.1, 0.15) is 35.3 Å². The van der Waals surface area contributed by atoms with Crippen LogP contribution in [0.25, 0.3) is 0 Å². The number of aromatic nitrogens is 2. The smallest absolute Gasteiger partial charge is 0.330 e. The first-order chi connectivity index (χ1) is 16.7. The van der Waals surface area contributed by atoms with Gasteiger partial charge in [-0.1, -0.05) is 42.5 Å². The molecule has 3 aromatic rings. The molecule has 184 valence electrons. The van der Waals surface area contributed by atoms with E-state index in [0.29, 0.717) is 5.56 Å². The van der Waals surface area contributed by atoms with Gasteiger partial charge in [-0.2, -0.15) is 0 Å². The molecule has 0 spiro atoms. The number of carbonyl (C=O) groups is 1. The first-order valence-electron chi connectivity index (χ1n) is 11.6. The van der Waals surface area contributed by atoms with Gasteiger partial charge in [-0.05, 0) is 37.1 Å². The van der Waals surface area contributed by atoms with Crippen LogP contribution >= 0.6 is 0 Å². The van der Waals surface area contributed by atoms with Crippen LogP contribution in [0, 0.1) is 0 Å². The van der Waals surface area contributed by atoms with Crippen LogP contribution in [-0.2, 0) is 17.8 Å². The number of hydrogen-bond acceptors (Lipinski definition) is 6. The number of anilines is 2. The van der Waals surface area contributed by atoms with Crippen molar-refractivity contribution in [2.24, 2.45) is 0 Å². The molecule has 2 unspecified atom stereocenters. The minimum Gasteiger partial charge on any atom is -0.383 e. The number of nitrogen functional groups attached to an aromatic ring is 1. The number of H-pyrrole nitrogens is 1. The second-order valence-electron chi connectivity index (χ2n) is 9.08. The molecule has 0 aliphatic carbocycles. The van der Waals surface area contributed by atoms with E-state index in [1.807, 2.05) is 42.5 Å². The third-order valence-electron chi connectivity index (χ3n) is 6.14. The van der Waals surface area contributed by atoms with Crippen LogP contribution in [0.15, 0.2) is 64.2 Å². The molecule has 9 nitrogen and oxygen atoms in total. The SMILES string of the molecule is CC1CN(Cc2ccc(C(=O)N(C)c3c(N)n(Cc4ccccc4)c(=O)[nH]c3=O)cc2)CC(C)O1. The molecule has 2 aromatic carbocycles. The van der Waals surface area contributed by atoms with Gasteiger partial charge in [-0.15, -0.1) is 0 Å². The third kappa shape index (κ3) is 5.52. The Morgan fingerprint density at radius 2 is 1.60 bits per heavy atom. The number of rotatable bonds is 6. The van der Waals surface area contributed by atoms with E-state index in [1.165, 1.54) is 16.5 Å². The minimum absolute atomic E-state index is 0.0640. The Morgan fingerprint density at radius 1 is 1.00 bits per heavy atom. The maximum absolute atomic E-state index is 13.2. The first-order valence-corrected chi connectivity index (χ1v) is 11.6. The lowest BCUT2D eigenvalue weighted by Gasteiger charge is -2.35. The summed E-state index contributed by atoms with van der Waals surface area (Å²) in [7, 11) is 1.48. The van der Waals surface area contributed by atoms with Crippen molar-refractivity contribution in [3.63, 3.8) is 0 Å². The summed E-state index contributed by atoms with van der Waals surface area (Å²) in [6, 6.07) is 16.6. The lowest BCUT2D eigenvalue weighted by atomic mass is 10.1. The van der Waals surface area contributed by atoms with Crippen molar-refractivity contribution in [2.75, 3.05) is 30.8 Å². The second-order valence-corrected chi connectivity index (χ2v) is 9.08. The molecule has 3 N–H and O–H groups in total. The summed E-state index contributed by atoms with van der Waals surface area (Å²) < 4.78 is 7.04. The number of aromatic amines is 1. The van der Waals surface area contributed by atoms with Crippen molar-refractivity contribution in [2.45, 2.75) is 39.1 Å². The highest BCUT2D eigenvalue weighted by Gasteiger charge is 2.24. The number of morpholine rings is 1. The number of nitrogens with two attached hydrogens (primary N) is 1. The van der Waals surface area contributed by atoms with Gasteiger partial charge in [0.05, 0.1) is 18.8 Å². The molecule has 0 saturated carbocycles. The zero-order valence-electron chi connectivity index (χ0n) is 20.2. The zero-order valence-corrected chi connectivity index (χ0v) is 20.2. The second kappa shape index (κ2) is 10.3. The highest BCUT2D eigenvalue weighted by molar-refractivity contribution is 6.06. The number of ether oxygens (including phenoxy) is 1. The maximum atomic E-state index is 13.2. The van der Waals surface area contributed by atoms with E-state index in [1.54, 1.807) is 12.1 Å². The Kier molecular flexibility index (Phi) is 7.18. The number of hydrogen-bond donors (Lipinski definition) is 2. The van der Waals surface area contributed by atoms with Gasteiger partial charge in [0.2, 0.25) is 0 Å². The predicted octanol–water partition coefficient (Wildman–Crippen LogP) is 2.05. The Hall–Kier alpha value is -3.69. The van der Waals surface area contributed by atoms with E-state index in [2.05, 4.69) is 23.7 Å². The van der Waals surface area contributed by atoms with E-state index in [9.17, 15) is 14.4 Å². The molecule has 1 saturated heterocycles. The molecule has 0 radical (unpaired) electrons. The molecule has 1 aromatic heterocycles. The van der Waals surface area contributed by atoms with Gasteiger partial charge in [-0.3, -0.25) is 24.0 Å². The normalized spacial score (nSPS) is 18.4. The predicted molar refractivity (Wildman–Crippen MR) is 136 cm³/mol. The van der Waals surface area contributed by atoms with Crippen molar-refractivity contribution in [3.05, 3.63) is 92.1 Å². The van der Waals surface area contributed by atoms with E-state index < -0.39 is 17.2 Å². The fraction of sp³-hybridized carbons (Fsp3) is 0.346. The van der Waals surface area contributed by atoms with Crippen molar-refractivity contribution in [1.82, 2.24) is 14.5 Å². The molecule has 35 heavy (non-hydrogen) atoms. The van der Waals surface area contributed by atoms with Gasteiger partial charge in [0.25, 0.3) is 11.5 Å². The Balaban J connectivity index is 1.54. The molecule has 1 aliphatic heterocycles. The highest BCUT2D eigenvalue weighted by atomic mass is 16.5. The van der Waals surface area contributed by atoms with Crippen LogP contribution < -0.4 is 21.9 Å². The number of nitrogens with zero attached hydrogens (tertiary/aromatic N) is 3. The number of nitrogens with one attached hydrogen (secondary N) is 1. The van der Waals surface area contributed by atoms with Gasteiger partial charge < -0.3 is 15.4 Å². The average molecular weight is 478 g/mol. The third-order valence-corrected chi connectivity index (χ3v) is 6.14. The Labute approximate surface area is 203 Å². The fourth-order valence-corrected chi connectivity index (χ4v) is 4.54. The molecular weight excluding hydrogens is 446 g/mol. The topological polar surface area (TPSA) is 114 Å². The van der Waals surface area contributed by atoms with Gasteiger partial charge in [0.1, 0.15) is 5.82 Å². The summed E-state index contributed by atoms with van der Waals surface area (Å²) in [5.41, 5.74) is 7.17. The molecular formula is C26H31N5O4.